The van der Waals surface area contributed by atoms with Crippen LogP contribution in [-0.4, -0.2) is 62.7 Å². The molecule has 0 aliphatic carbocycles. The second-order valence-electron chi connectivity index (χ2n) is 5.86. The van der Waals surface area contributed by atoms with Crippen molar-refractivity contribution in [1.29, 1.82) is 0 Å². The van der Waals surface area contributed by atoms with E-state index in [0.29, 0.717) is 6.04 Å². The summed E-state index contributed by atoms with van der Waals surface area (Å²) in [7, 11) is 4.37. The third-order valence-corrected chi connectivity index (χ3v) is 3.61. The topological polar surface area (TPSA) is 18.5 Å². The van der Waals surface area contributed by atoms with E-state index in [2.05, 4.69) is 43.1 Å². The molecule has 0 aromatic rings. The smallest absolute Gasteiger partial charge is 0.0166 e. The highest BCUT2D eigenvalue weighted by molar-refractivity contribution is 4.76. The van der Waals surface area contributed by atoms with Crippen molar-refractivity contribution in [2.45, 2.75) is 39.2 Å². The third kappa shape index (κ3) is 6.39. The molecule has 0 bridgehead atoms. The molecule has 0 radical (unpaired) electrons. The van der Waals surface area contributed by atoms with Gasteiger partial charge < -0.3 is 15.1 Å². The van der Waals surface area contributed by atoms with Crippen LogP contribution in [-0.2, 0) is 0 Å². The van der Waals surface area contributed by atoms with Gasteiger partial charge in [-0.15, -0.1) is 0 Å². The van der Waals surface area contributed by atoms with E-state index < -0.39 is 0 Å². The Bertz CT molecular complexity index is 186. The maximum atomic E-state index is 3.57. The molecule has 0 spiro atoms. The molecule has 3 nitrogen and oxygen atoms in total. The van der Waals surface area contributed by atoms with Gasteiger partial charge in [-0.25, -0.2) is 0 Å². The minimum Gasteiger partial charge on any atom is -0.313 e. The fourth-order valence-electron chi connectivity index (χ4n) is 2.71. The van der Waals surface area contributed by atoms with Crippen molar-refractivity contribution < 1.29 is 0 Å². The second kappa shape index (κ2) is 8.06. The second-order valence-corrected chi connectivity index (χ2v) is 5.86. The van der Waals surface area contributed by atoms with Crippen molar-refractivity contribution >= 4 is 0 Å². The molecule has 0 saturated carbocycles. The zero-order chi connectivity index (χ0) is 12.7. The number of likely N-dealkylation sites (tertiary alicyclic amines) is 1. The Morgan fingerprint density at radius 3 is 2.47 bits per heavy atom. The van der Waals surface area contributed by atoms with E-state index in [0.717, 1.165) is 12.5 Å². The average molecular weight is 241 g/mol. The van der Waals surface area contributed by atoms with Crippen molar-refractivity contribution in [1.82, 2.24) is 15.1 Å². The SMILES string of the molecule is CCCNC(C)CN1CCC(CN(C)C)CC1. The molecule has 1 unspecified atom stereocenters. The highest BCUT2D eigenvalue weighted by atomic mass is 15.2. The minimum absolute atomic E-state index is 0.639. The Morgan fingerprint density at radius 2 is 1.94 bits per heavy atom. The zero-order valence-corrected chi connectivity index (χ0v) is 12.2. The Labute approximate surface area is 108 Å². The van der Waals surface area contributed by atoms with Crippen LogP contribution in [0, 0.1) is 5.92 Å². The molecule has 17 heavy (non-hydrogen) atoms. The summed E-state index contributed by atoms with van der Waals surface area (Å²) in [5.74, 6) is 0.917. The molecule has 3 heteroatoms. The summed E-state index contributed by atoms with van der Waals surface area (Å²) >= 11 is 0. The summed E-state index contributed by atoms with van der Waals surface area (Å²) < 4.78 is 0. The Kier molecular flexibility index (Phi) is 7.09. The van der Waals surface area contributed by atoms with E-state index in [1.54, 1.807) is 0 Å². The number of nitrogens with zero attached hydrogens (tertiary/aromatic N) is 2. The first-order chi connectivity index (χ1) is 8.11. The van der Waals surface area contributed by atoms with Gasteiger partial charge >= 0.3 is 0 Å². The summed E-state index contributed by atoms with van der Waals surface area (Å²) in [6, 6.07) is 0.639. The highest BCUT2D eigenvalue weighted by Gasteiger charge is 2.20. The molecule has 102 valence electrons. The monoisotopic (exact) mass is 241 g/mol. The van der Waals surface area contributed by atoms with E-state index in [1.165, 1.54) is 45.4 Å². The van der Waals surface area contributed by atoms with Gasteiger partial charge in [-0.05, 0) is 65.8 Å². The molecule has 1 N–H and O–H groups in total. The Morgan fingerprint density at radius 1 is 1.29 bits per heavy atom. The van der Waals surface area contributed by atoms with Crippen LogP contribution in [0.4, 0.5) is 0 Å². The van der Waals surface area contributed by atoms with Crippen molar-refractivity contribution in [3.8, 4) is 0 Å². The number of hydrogen-bond acceptors (Lipinski definition) is 3. The van der Waals surface area contributed by atoms with Gasteiger partial charge in [0.25, 0.3) is 0 Å². The maximum Gasteiger partial charge on any atom is 0.0166 e. The van der Waals surface area contributed by atoms with E-state index in [-0.39, 0.29) is 0 Å². The van der Waals surface area contributed by atoms with E-state index >= 15 is 0 Å². The van der Waals surface area contributed by atoms with Crippen LogP contribution in [0.1, 0.15) is 33.1 Å². The molecule has 1 saturated heterocycles. The minimum atomic E-state index is 0.639. The molecule has 1 heterocycles. The van der Waals surface area contributed by atoms with Crippen molar-refractivity contribution in [3.63, 3.8) is 0 Å². The molecule has 1 atom stereocenters. The first-order valence-electron chi connectivity index (χ1n) is 7.22. The van der Waals surface area contributed by atoms with Gasteiger partial charge in [0.2, 0.25) is 0 Å². The molecule has 1 fully saturated rings. The summed E-state index contributed by atoms with van der Waals surface area (Å²) in [4.78, 5) is 4.95. The van der Waals surface area contributed by atoms with Crippen molar-refractivity contribution in [2.75, 3.05) is 46.8 Å². The molecule has 0 aromatic heterocycles. The number of rotatable bonds is 7. The van der Waals surface area contributed by atoms with E-state index in [9.17, 15) is 0 Å². The number of hydrogen-bond donors (Lipinski definition) is 1. The fraction of sp³-hybridized carbons (Fsp3) is 1.00. The first kappa shape index (κ1) is 14.9. The largest absolute Gasteiger partial charge is 0.313 e. The molecular weight excluding hydrogens is 210 g/mol. The molecule has 1 rings (SSSR count). The van der Waals surface area contributed by atoms with Crippen molar-refractivity contribution in [2.24, 2.45) is 5.92 Å². The third-order valence-electron chi connectivity index (χ3n) is 3.61. The summed E-state index contributed by atoms with van der Waals surface area (Å²) in [6.07, 6.45) is 3.98. The van der Waals surface area contributed by atoms with Crippen LogP contribution in [0.2, 0.25) is 0 Å². The van der Waals surface area contributed by atoms with Crippen LogP contribution in [0.15, 0.2) is 0 Å². The molecule has 1 aliphatic heterocycles. The lowest BCUT2D eigenvalue weighted by Crippen LogP contribution is -2.44. The van der Waals surface area contributed by atoms with Gasteiger partial charge in [0.1, 0.15) is 0 Å². The normalized spacial score (nSPS) is 21.0. The number of piperidine rings is 1. The molecule has 1 aliphatic rings. The average Bonchev–Trinajstić information content (AvgIpc) is 2.28. The van der Waals surface area contributed by atoms with Crippen molar-refractivity contribution in [3.05, 3.63) is 0 Å². The van der Waals surface area contributed by atoms with Gasteiger partial charge in [-0.2, -0.15) is 0 Å². The lowest BCUT2D eigenvalue weighted by molar-refractivity contribution is 0.153. The fourth-order valence-corrected chi connectivity index (χ4v) is 2.71. The molecule has 0 aromatic carbocycles. The van der Waals surface area contributed by atoms with Crippen LogP contribution >= 0.6 is 0 Å². The predicted molar refractivity (Wildman–Crippen MR) is 75.5 cm³/mol. The van der Waals surface area contributed by atoms with Crippen LogP contribution in [0.5, 0.6) is 0 Å². The summed E-state index contributed by atoms with van der Waals surface area (Å²) in [6.45, 7) is 10.7. The van der Waals surface area contributed by atoms with E-state index in [4.69, 9.17) is 0 Å². The van der Waals surface area contributed by atoms with E-state index in [1.807, 2.05) is 0 Å². The van der Waals surface area contributed by atoms with Gasteiger partial charge in [0, 0.05) is 19.1 Å². The van der Waals surface area contributed by atoms with Crippen LogP contribution < -0.4 is 5.32 Å². The number of nitrogens with one attached hydrogen (secondary N) is 1. The molecule has 0 amide bonds. The Balaban J connectivity index is 2.14. The zero-order valence-electron chi connectivity index (χ0n) is 12.2. The van der Waals surface area contributed by atoms with Crippen LogP contribution in [0.25, 0.3) is 0 Å². The predicted octanol–water partition coefficient (Wildman–Crippen LogP) is 1.65. The lowest BCUT2D eigenvalue weighted by Gasteiger charge is -2.34. The Hall–Kier alpha value is -0.120. The molecular formula is C14H31N3. The quantitative estimate of drug-likeness (QED) is 0.731. The van der Waals surface area contributed by atoms with Gasteiger partial charge in [0.05, 0.1) is 0 Å². The van der Waals surface area contributed by atoms with Crippen LogP contribution in [0.3, 0.4) is 0 Å². The first-order valence-corrected chi connectivity index (χ1v) is 7.22. The lowest BCUT2D eigenvalue weighted by atomic mass is 9.96. The highest BCUT2D eigenvalue weighted by Crippen LogP contribution is 2.17. The van der Waals surface area contributed by atoms with Gasteiger partial charge in [0.15, 0.2) is 0 Å². The standard InChI is InChI=1S/C14H31N3/c1-5-8-15-13(2)11-17-9-6-14(7-10-17)12-16(3)4/h13-15H,5-12H2,1-4H3. The van der Waals surface area contributed by atoms with Gasteiger partial charge in [-0.3, -0.25) is 0 Å². The maximum absolute atomic E-state index is 3.57. The summed E-state index contributed by atoms with van der Waals surface area (Å²) in [5, 5.41) is 3.57. The van der Waals surface area contributed by atoms with Gasteiger partial charge in [-0.1, -0.05) is 6.92 Å². The summed E-state index contributed by atoms with van der Waals surface area (Å²) in [5.41, 5.74) is 0.